The van der Waals surface area contributed by atoms with Gasteiger partial charge in [-0.2, -0.15) is 0 Å². The van der Waals surface area contributed by atoms with Gasteiger partial charge in [-0.05, 0) is 63.1 Å². The highest BCUT2D eigenvalue weighted by Gasteiger charge is 2.34. The van der Waals surface area contributed by atoms with Gasteiger partial charge in [0.05, 0.1) is 43.4 Å². The first-order chi connectivity index (χ1) is 22.0. The zero-order valence-corrected chi connectivity index (χ0v) is 27.7. The average molecular weight is 676 g/mol. The minimum absolute atomic E-state index is 0.108. The van der Waals surface area contributed by atoms with Gasteiger partial charge in [-0.25, -0.2) is 9.79 Å². The molecule has 0 fully saturated rings. The number of aryl methyl sites for hydroxylation is 1. The molecule has 46 heavy (non-hydrogen) atoms. The number of benzene rings is 3. The number of esters is 1. The quantitative estimate of drug-likeness (QED) is 0.109. The van der Waals surface area contributed by atoms with Gasteiger partial charge in [-0.3, -0.25) is 19.5 Å². The highest BCUT2D eigenvalue weighted by Crippen LogP contribution is 2.34. The third-order valence-corrected chi connectivity index (χ3v) is 9.86. The van der Waals surface area contributed by atoms with Crippen LogP contribution >= 0.6 is 34.5 Å². The Hall–Kier alpha value is -4.51. The number of hydrogen-bond acceptors (Lipinski definition) is 7. The lowest BCUT2D eigenvalue weighted by Crippen LogP contribution is -2.40. The van der Waals surface area contributed by atoms with Crippen molar-refractivity contribution in [2.75, 3.05) is 6.61 Å². The number of nitro groups is 1. The molecule has 0 saturated heterocycles. The van der Waals surface area contributed by atoms with Crippen LogP contribution in [0.2, 0.25) is 10.0 Å². The molecule has 0 amide bonds. The fraction of sp³-hybridized carbons (Fsp3) is 0.206. The number of fused-ring (bicyclic) bond motifs is 2. The van der Waals surface area contributed by atoms with Crippen LogP contribution in [0.3, 0.4) is 0 Å². The molecule has 0 radical (unpaired) electrons. The van der Waals surface area contributed by atoms with Gasteiger partial charge in [-0.15, -0.1) is 0 Å². The Morgan fingerprint density at radius 3 is 2.57 bits per heavy atom. The van der Waals surface area contributed by atoms with E-state index in [1.54, 1.807) is 39.0 Å². The normalized spacial score (nSPS) is 14.8. The van der Waals surface area contributed by atoms with Crippen molar-refractivity contribution >= 4 is 63.2 Å². The van der Waals surface area contributed by atoms with Crippen LogP contribution in [0.5, 0.6) is 0 Å². The van der Waals surface area contributed by atoms with E-state index in [1.165, 1.54) is 22.0 Å². The molecule has 0 N–H and O–H groups in total. The van der Waals surface area contributed by atoms with E-state index in [0.717, 1.165) is 27.7 Å². The summed E-state index contributed by atoms with van der Waals surface area (Å²) < 4.78 is 9.37. The van der Waals surface area contributed by atoms with E-state index >= 15 is 0 Å². The average Bonchev–Trinajstić information content (AvgIpc) is 3.46. The Balaban J connectivity index is 1.56. The summed E-state index contributed by atoms with van der Waals surface area (Å²) in [5.41, 5.74) is 4.70. The number of hydrogen-bond donors (Lipinski definition) is 0. The van der Waals surface area contributed by atoms with E-state index in [1.807, 2.05) is 49.4 Å². The van der Waals surface area contributed by atoms with Crippen molar-refractivity contribution in [3.8, 4) is 0 Å². The molecule has 0 saturated carbocycles. The summed E-state index contributed by atoms with van der Waals surface area (Å²) in [6.45, 7) is 7.66. The fourth-order valence-corrected chi connectivity index (χ4v) is 7.24. The predicted octanol–water partition coefficient (Wildman–Crippen LogP) is 6.63. The SMILES string of the molecule is CCOC(=O)C1=C(C)N=c2s/c(=C/c3c(C)n(Cc4ccc(Cl)c(Cl)c4)c4ccccc34)c(=O)n2[C@@H]1c1ccc(C)c([N+](=O)[O-])c1. The van der Waals surface area contributed by atoms with Gasteiger partial charge < -0.3 is 9.30 Å². The molecule has 0 bridgehead atoms. The number of para-hydroxylation sites is 1. The third kappa shape index (κ3) is 5.46. The highest BCUT2D eigenvalue weighted by molar-refractivity contribution is 7.07. The van der Waals surface area contributed by atoms with Gasteiger partial charge in [-0.1, -0.05) is 70.9 Å². The second kappa shape index (κ2) is 12.4. The van der Waals surface area contributed by atoms with Crippen molar-refractivity contribution in [1.82, 2.24) is 9.13 Å². The molecular formula is C34H28Cl2N4O5S. The summed E-state index contributed by atoms with van der Waals surface area (Å²) in [5, 5.41) is 13.8. The molecule has 3 heterocycles. The molecule has 6 rings (SSSR count). The molecular weight excluding hydrogens is 647 g/mol. The number of allylic oxidation sites excluding steroid dienone is 1. The Labute approximate surface area is 277 Å². The van der Waals surface area contributed by atoms with Crippen LogP contribution in [0, 0.1) is 24.0 Å². The molecule has 9 nitrogen and oxygen atoms in total. The van der Waals surface area contributed by atoms with Crippen LogP contribution in [0.1, 0.15) is 47.8 Å². The Morgan fingerprint density at radius 1 is 1.09 bits per heavy atom. The van der Waals surface area contributed by atoms with Gasteiger partial charge in [0.1, 0.15) is 0 Å². The van der Waals surface area contributed by atoms with E-state index in [0.29, 0.717) is 42.7 Å². The fourth-order valence-electron chi connectivity index (χ4n) is 5.90. The number of aromatic nitrogens is 2. The van der Waals surface area contributed by atoms with Crippen molar-refractivity contribution in [3.63, 3.8) is 0 Å². The molecule has 1 aliphatic rings. The minimum atomic E-state index is -0.964. The van der Waals surface area contributed by atoms with Crippen LogP contribution in [0.15, 0.2) is 81.7 Å². The number of rotatable bonds is 7. The lowest BCUT2D eigenvalue weighted by molar-refractivity contribution is -0.385. The van der Waals surface area contributed by atoms with Crippen molar-refractivity contribution in [2.24, 2.45) is 4.99 Å². The predicted molar refractivity (Wildman–Crippen MR) is 180 cm³/mol. The summed E-state index contributed by atoms with van der Waals surface area (Å²) in [5.74, 6) is -0.632. The molecule has 0 unspecified atom stereocenters. The minimum Gasteiger partial charge on any atom is -0.463 e. The maximum atomic E-state index is 14.3. The summed E-state index contributed by atoms with van der Waals surface area (Å²) in [6, 6.07) is 17.3. The van der Waals surface area contributed by atoms with Gasteiger partial charge in [0.15, 0.2) is 4.80 Å². The zero-order chi connectivity index (χ0) is 32.9. The van der Waals surface area contributed by atoms with Crippen molar-refractivity contribution in [3.05, 3.63) is 140 Å². The van der Waals surface area contributed by atoms with E-state index in [4.69, 9.17) is 27.9 Å². The van der Waals surface area contributed by atoms with Gasteiger partial charge in [0.25, 0.3) is 11.2 Å². The maximum Gasteiger partial charge on any atom is 0.338 e. The number of carbonyl (C=O) groups is 1. The standard InChI is InChI=1S/C34H28Cl2N4O5S/c1-5-45-33(42)30-19(3)37-34-39(31(30)22-12-10-18(2)28(15-22)40(43)44)32(41)29(46-34)16-24-20(4)38(27-9-7-6-8-23(24)27)17-21-11-13-25(35)26(36)14-21/h6-16,31H,5,17H2,1-4H3/b29-16+/t31-/m1/s1. The molecule has 2 aromatic heterocycles. The number of nitro benzene ring substituents is 1. The van der Waals surface area contributed by atoms with Crippen LogP contribution in [0.25, 0.3) is 17.0 Å². The second-order valence-electron chi connectivity index (χ2n) is 11.0. The molecule has 234 valence electrons. The molecule has 0 aliphatic carbocycles. The highest BCUT2D eigenvalue weighted by atomic mass is 35.5. The van der Waals surface area contributed by atoms with Crippen LogP contribution in [0.4, 0.5) is 5.69 Å². The Morgan fingerprint density at radius 2 is 1.85 bits per heavy atom. The van der Waals surface area contributed by atoms with Crippen LogP contribution in [-0.2, 0) is 16.1 Å². The number of carbonyl (C=O) groups excluding carboxylic acids is 1. The van der Waals surface area contributed by atoms with E-state index in [-0.39, 0.29) is 23.4 Å². The molecule has 3 aromatic carbocycles. The van der Waals surface area contributed by atoms with Crippen molar-refractivity contribution < 1.29 is 14.5 Å². The Bertz CT molecular complexity index is 2300. The smallest absolute Gasteiger partial charge is 0.338 e. The monoisotopic (exact) mass is 674 g/mol. The first-order valence-electron chi connectivity index (χ1n) is 14.5. The van der Waals surface area contributed by atoms with E-state index in [9.17, 15) is 19.7 Å². The van der Waals surface area contributed by atoms with Crippen molar-refractivity contribution in [2.45, 2.75) is 40.3 Å². The van der Waals surface area contributed by atoms with Gasteiger partial charge in [0, 0.05) is 40.3 Å². The summed E-state index contributed by atoms with van der Waals surface area (Å²) in [4.78, 5) is 43.9. The topological polar surface area (TPSA) is 109 Å². The largest absolute Gasteiger partial charge is 0.463 e. The van der Waals surface area contributed by atoms with Gasteiger partial charge in [0.2, 0.25) is 0 Å². The number of nitrogens with zero attached hydrogens (tertiary/aromatic N) is 4. The molecule has 5 aromatic rings. The Kier molecular flexibility index (Phi) is 8.45. The van der Waals surface area contributed by atoms with Gasteiger partial charge >= 0.3 is 5.97 Å². The number of thiazole rings is 1. The maximum absolute atomic E-state index is 14.3. The number of halogens is 2. The van der Waals surface area contributed by atoms with Crippen molar-refractivity contribution in [1.29, 1.82) is 0 Å². The molecule has 1 atom stereocenters. The lowest BCUT2D eigenvalue weighted by atomic mass is 9.94. The summed E-state index contributed by atoms with van der Waals surface area (Å²) >= 11 is 13.7. The summed E-state index contributed by atoms with van der Waals surface area (Å²) in [7, 11) is 0. The van der Waals surface area contributed by atoms with Crippen LogP contribution in [-0.4, -0.2) is 26.6 Å². The summed E-state index contributed by atoms with van der Waals surface area (Å²) in [6.07, 6.45) is 1.85. The second-order valence-corrected chi connectivity index (χ2v) is 12.8. The van der Waals surface area contributed by atoms with E-state index in [2.05, 4.69) is 9.56 Å². The molecule has 12 heteroatoms. The lowest BCUT2D eigenvalue weighted by Gasteiger charge is -2.24. The first kappa shape index (κ1) is 31.5. The number of ether oxygens (including phenoxy) is 1. The molecule has 1 aliphatic heterocycles. The van der Waals surface area contributed by atoms with Crippen LogP contribution < -0.4 is 14.9 Å². The van der Waals surface area contributed by atoms with E-state index < -0.39 is 16.9 Å². The zero-order valence-electron chi connectivity index (χ0n) is 25.3. The third-order valence-electron chi connectivity index (χ3n) is 8.14. The molecule has 0 spiro atoms. The first-order valence-corrected chi connectivity index (χ1v) is 16.0.